The summed E-state index contributed by atoms with van der Waals surface area (Å²) < 4.78 is 39.1. The van der Waals surface area contributed by atoms with Crippen LogP contribution in [0.2, 0.25) is 0 Å². The van der Waals surface area contributed by atoms with Crippen LogP contribution in [0, 0.1) is 5.92 Å². The molecule has 1 aliphatic heterocycles. The quantitative estimate of drug-likeness (QED) is 0.858. The van der Waals surface area contributed by atoms with Gasteiger partial charge in [-0.15, -0.1) is 0 Å². The van der Waals surface area contributed by atoms with Crippen molar-refractivity contribution in [1.82, 2.24) is 4.90 Å². The molecule has 5 heteroatoms. The summed E-state index contributed by atoms with van der Waals surface area (Å²) in [6.45, 7) is 3.40. The van der Waals surface area contributed by atoms with Crippen molar-refractivity contribution in [2.24, 2.45) is 11.7 Å². The van der Waals surface area contributed by atoms with Gasteiger partial charge in [-0.1, -0.05) is 13.3 Å². The number of halogens is 3. The summed E-state index contributed by atoms with van der Waals surface area (Å²) >= 11 is 0. The lowest BCUT2D eigenvalue weighted by atomic mass is 9.74. The van der Waals surface area contributed by atoms with E-state index in [1.807, 2.05) is 0 Å². The molecule has 112 valence electrons. The normalized spacial score (nSPS) is 37.7. The van der Waals surface area contributed by atoms with Crippen molar-refractivity contribution < 1.29 is 13.2 Å². The van der Waals surface area contributed by atoms with Gasteiger partial charge in [-0.2, -0.15) is 13.2 Å². The molecule has 2 rings (SSSR count). The molecule has 3 atom stereocenters. The molecule has 2 N–H and O–H groups in total. The van der Waals surface area contributed by atoms with Crippen LogP contribution in [0.3, 0.4) is 0 Å². The molecule has 0 amide bonds. The Hall–Kier alpha value is -0.290. The van der Waals surface area contributed by atoms with Crippen LogP contribution in [0.25, 0.3) is 0 Å². The number of nitrogens with two attached hydrogens (primary N) is 1. The molecule has 0 bridgehead atoms. The predicted octanol–water partition coefficient (Wildman–Crippen LogP) is 3.31. The van der Waals surface area contributed by atoms with Crippen molar-refractivity contribution in [3.8, 4) is 0 Å². The zero-order valence-electron chi connectivity index (χ0n) is 11.7. The third kappa shape index (κ3) is 2.92. The Morgan fingerprint density at radius 1 is 1.26 bits per heavy atom. The highest BCUT2D eigenvalue weighted by Gasteiger charge is 2.50. The number of hydrogen-bond donors (Lipinski definition) is 1. The molecule has 0 aromatic rings. The Bertz CT molecular complexity index is 306. The van der Waals surface area contributed by atoms with Crippen molar-refractivity contribution in [1.29, 1.82) is 0 Å². The van der Waals surface area contributed by atoms with Crippen LogP contribution < -0.4 is 5.73 Å². The Morgan fingerprint density at radius 3 is 2.58 bits per heavy atom. The van der Waals surface area contributed by atoms with E-state index in [4.69, 9.17) is 5.73 Å². The second-order valence-electron chi connectivity index (χ2n) is 6.16. The molecule has 0 aromatic carbocycles. The zero-order valence-corrected chi connectivity index (χ0v) is 11.7. The second kappa shape index (κ2) is 5.60. The maximum Gasteiger partial charge on any atom is 0.391 e. The van der Waals surface area contributed by atoms with E-state index in [2.05, 4.69) is 11.8 Å². The second-order valence-corrected chi connectivity index (χ2v) is 6.16. The summed E-state index contributed by atoms with van der Waals surface area (Å²) in [6.07, 6.45) is 1.09. The lowest BCUT2D eigenvalue weighted by Crippen LogP contribution is -2.59. The number of hydrogen-bond acceptors (Lipinski definition) is 2. The number of alkyl halides is 3. The first kappa shape index (κ1) is 15.1. The highest BCUT2D eigenvalue weighted by molar-refractivity contribution is 5.01. The Morgan fingerprint density at radius 2 is 2.00 bits per heavy atom. The van der Waals surface area contributed by atoms with Gasteiger partial charge in [0.1, 0.15) is 0 Å². The molecule has 2 aliphatic rings. The van der Waals surface area contributed by atoms with Gasteiger partial charge in [-0.05, 0) is 45.1 Å². The van der Waals surface area contributed by atoms with E-state index in [1.54, 1.807) is 0 Å². The molecule has 1 saturated carbocycles. The highest BCUT2D eigenvalue weighted by Crippen LogP contribution is 2.46. The number of nitrogens with zero attached hydrogens (tertiary/aromatic N) is 1. The number of likely N-dealkylation sites (tertiary alicyclic amines) is 1. The Labute approximate surface area is 113 Å². The third-order valence-electron chi connectivity index (χ3n) is 5.12. The van der Waals surface area contributed by atoms with Gasteiger partial charge < -0.3 is 5.73 Å². The van der Waals surface area contributed by atoms with Crippen molar-refractivity contribution in [2.45, 2.75) is 69.6 Å². The smallest absolute Gasteiger partial charge is 0.329 e. The van der Waals surface area contributed by atoms with E-state index in [0.717, 1.165) is 32.2 Å². The number of rotatable bonds is 3. The monoisotopic (exact) mass is 278 g/mol. The van der Waals surface area contributed by atoms with Crippen LogP contribution in [0.15, 0.2) is 0 Å². The van der Waals surface area contributed by atoms with Gasteiger partial charge in [0, 0.05) is 18.1 Å². The molecule has 0 aromatic heterocycles. The average Bonchev–Trinajstić information content (AvgIpc) is 2.86. The van der Waals surface area contributed by atoms with E-state index in [0.29, 0.717) is 19.0 Å². The zero-order chi connectivity index (χ0) is 14.1. The van der Waals surface area contributed by atoms with E-state index in [1.165, 1.54) is 0 Å². The topological polar surface area (TPSA) is 29.3 Å². The minimum atomic E-state index is -4.07. The first-order valence-electron chi connectivity index (χ1n) is 7.46. The summed E-state index contributed by atoms with van der Waals surface area (Å²) in [7, 11) is 0. The first-order chi connectivity index (χ1) is 8.93. The van der Waals surface area contributed by atoms with Crippen molar-refractivity contribution in [2.75, 3.05) is 13.1 Å². The largest absolute Gasteiger partial charge is 0.391 e. The molecule has 1 heterocycles. The van der Waals surface area contributed by atoms with E-state index in [-0.39, 0.29) is 12.8 Å². The van der Waals surface area contributed by atoms with Crippen LogP contribution in [0.5, 0.6) is 0 Å². The predicted molar refractivity (Wildman–Crippen MR) is 69.8 cm³/mol. The fourth-order valence-corrected chi connectivity index (χ4v) is 4.07. The van der Waals surface area contributed by atoms with Crippen molar-refractivity contribution in [3.05, 3.63) is 0 Å². The van der Waals surface area contributed by atoms with Crippen LogP contribution >= 0.6 is 0 Å². The summed E-state index contributed by atoms with van der Waals surface area (Å²) in [4.78, 5) is 2.31. The van der Waals surface area contributed by atoms with Gasteiger partial charge in [0.05, 0.1) is 5.92 Å². The van der Waals surface area contributed by atoms with Crippen LogP contribution in [0.4, 0.5) is 13.2 Å². The highest BCUT2D eigenvalue weighted by atomic mass is 19.4. The van der Waals surface area contributed by atoms with Gasteiger partial charge in [-0.25, -0.2) is 0 Å². The van der Waals surface area contributed by atoms with Gasteiger partial charge in [0.2, 0.25) is 0 Å². The SMILES string of the molecule is CCC1CCCN1C1(CN)CCCC(C(F)(F)F)C1. The van der Waals surface area contributed by atoms with Gasteiger partial charge >= 0.3 is 6.18 Å². The standard InChI is InChI=1S/C14H25F3N2/c1-2-12-6-4-8-19(12)13(10-18)7-3-5-11(9-13)14(15,16)17/h11-12H,2-10,18H2,1H3. The molecule has 2 nitrogen and oxygen atoms in total. The van der Waals surface area contributed by atoms with Gasteiger partial charge in [-0.3, -0.25) is 4.90 Å². The van der Waals surface area contributed by atoms with Crippen molar-refractivity contribution in [3.63, 3.8) is 0 Å². The summed E-state index contributed by atoms with van der Waals surface area (Å²) in [6, 6.07) is 0.426. The molecular weight excluding hydrogens is 253 g/mol. The maximum atomic E-state index is 13.0. The molecular formula is C14H25F3N2. The van der Waals surface area contributed by atoms with Gasteiger partial charge in [0.25, 0.3) is 0 Å². The molecule has 1 saturated heterocycles. The maximum absolute atomic E-state index is 13.0. The minimum absolute atomic E-state index is 0.198. The lowest BCUT2D eigenvalue weighted by Gasteiger charge is -2.49. The molecule has 0 spiro atoms. The average molecular weight is 278 g/mol. The van der Waals surface area contributed by atoms with E-state index >= 15 is 0 Å². The van der Waals surface area contributed by atoms with Crippen molar-refractivity contribution >= 4 is 0 Å². The Kier molecular flexibility index (Phi) is 4.45. The molecule has 19 heavy (non-hydrogen) atoms. The van der Waals surface area contributed by atoms with Crippen LogP contribution in [0.1, 0.15) is 51.9 Å². The fraction of sp³-hybridized carbons (Fsp3) is 1.00. The van der Waals surface area contributed by atoms with Gasteiger partial charge in [0.15, 0.2) is 0 Å². The lowest BCUT2D eigenvalue weighted by molar-refractivity contribution is -0.194. The molecule has 2 fully saturated rings. The molecule has 3 unspecified atom stereocenters. The van der Waals surface area contributed by atoms with Crippen LogP contribution in [-0.4, -0.2) is 35.7 Å². The third-order valence-corrected chi connectivity index (χ3v) is 5.12. The van der Waals surface area contributed by atoms with E-state index in [9.17, 15) is 13.2 Å². The summed E-state index contributed by atoms with van der Waals surface area (Å²) in [5, 5.41) is 0. The summed E-state index contributed by atoms with van der Waals surface area (Å²) in [5.41, 5.74) is 5.52. The molecule has 0 radical (unpaired) electrons. The minimum Gasteiger partial charge on any atom is -0.329 e. The van der Waals surface area contributed by atoms with Crippen LogP contribution in [-0.2, 0) is 0 Å². The van der Waals surface area contributed by atoms with E-state index < -0.39 is 17.6 Å². The molecule has 1 aliphatic carbocycles. The Balaban J connectivity index is 2.17. The fourth-order valence-electron chi connectivity index (χ4n) is 4.07. The first-order valence-corrected chi connectivity index (χ1v) is 7.46. The summed E-state index contributed by atoms with van der Waals surface area (Å²) in [5.74, 6) is -1.16.